The molecule has 0 saturated carbocycles. The molecule has 1 rings (SSSR count). The van der Waals surface area contributed by atoms with E-state index >= 15 is 0 Å². The highest BCUT2D eigenvalue weighted by Crippen LogP contribution is 2.25. The van der Waals surface area contributed by atoms with Crippen LogP contribution >= 0.6 is 15.9 Å². The van der Waals surface area contributed by atoms with Gasteiger partial charge in [-0.05, 0) is 53.5 Å². The standard InChI is InChI=1S/C15H24BrN3O/c1-10(15(2,3)4)19(5)9-14(20)18-13-7-6-11(17)8-12(13)16/h6-8,10H,9,17H2,1-5H3,(H,18,20). The molecule has 1 amide bonds. The highest BCUT2D eigenvalue weighted by Gasteiger charge is 2.25. The summed E-state index contributed by atoms with van der Waals surface area (Å²) in [6.07, 6.45) is 0. The highest BCUT2D eigenvalue weighted by atomic mass is 79.9. The van der Waals surface area contributed by atoms with E-state index in [-0.39, 0.29) is 11.3 Å². The molecule has 0 aliphatic rings. The lowest BCUT2D eigenvalue weighted by atomic mass is 9.87. The number of carbonyl (C=O) groups excluding carboxylic acids is 1. The number of halogens is 1. The molecule has 5 heteroatoms. The number of benzene rings is 1. The summed E-state index contributed by atoms with van der Waals surface area (Å²) >= 11 is 3.39. The Morgan fingerprint density at radius 3 is 2.55 bits per heavy atom. The summed E-state index contributed by atoms with van der Waals surface area (Å²) in [6.45, 7) is 9.00. The van der Waals surface area contributed by atoms with Crippen LogP contribution in [0.3, 0.4) is 0 Å². The van der Waals surface area contributed by atoms with Crippen LogP contribution in [0.25, 0.3) is 0 Å². The van der Waals surface area contributed by atoms with Gasteiger partial charge in [0.25, 0.3) is 0 Å². The number of amides is 1. The SMILES string of the molecule is CC(N(C)CC(=O)Nc1ccc(N)cc1Br)C(C)(C)C. The summed E-state index contributed by atoms with van der Waals surface area (Å²) in [7, 11) is 1.97. The molecule has 0 aromatic heterocycles. The highest BCUT2D eigenvalue weighted by molar-refractivity contribution is 9.10. The van der Waals surface area contributed by atoms with Crippen molar-refractivity contribution in [2.45, 2.75) is 33.7 Å². The molecule has 1 atom stereocenters. The molecule has 0 fully saturated rings. The molecule has 1 unspecified atom stereocenters. The average Bonchev–Trinajstić information content (AvgIpc) is 2.30. The second kappa shape index (κ2) is 6.59. The van der Waals surface area contributed by atoms with E-state index in [4.69, 9.17) is 5.73 Å². The monoisotopic (exact) mass is 341 g/mol. The summed E-state index contributed by atoms with van der Waals surface area (Å²) in [5.74, 6) is -0.0333. The van der Waals surface area contributed by atoms with Gasteiger partial charge >= 0.3 is 0 Å². The van der Waals surface area contributed by atoms with Gasteiger partial charge in [-0.2, -0.15) is 0 Å². The van der Waals surface area contributed by atoms with E-state index < -0.39 is 0 Å². The topological polar surface area (TPSA) is 58.4 Å². The normalized spacial score (nSPS) is 13.3. The van der Waals surface area contributed by atoms with Crippen molar-refractivity contribution in [3.63, 3.8) is 0 Å². The van der Waals surface area contributed by atoms with Crippen molar-refractivity contribution >= 4 is 33.2 Å². The lowest BCUT2D eigenvalue weighted by molar-refractivity contribution is -0.117. The maximum atomic E-state index is 12.1. The minimum Gasteiger partial charge on any atom is -0.399 e. The molecule has 0 spiro atoms. The Morgan fingerprint density at radius 2 is 2.05 bits per heavy atom. The number of anilines is 2. The smallest absolute Gasteiger partial charge is 0.238 e. The maximum absolute atomic E-state index is 12.1. The largest absolute Gasteiger partial charge is 0.399 e. The van der Waals surface area contributed by atoms with Crippen LogP contribution in [0.15, 0.2) is 22.7 Å². The number of nitrogen functional groups attached to an aromatic ring is 1. The second-order valence-electron chi connectivity index (χ2n) is 6.24. The van der Waals surface area contributed by atoms with Gasteiger partial charge in [0, 0.05) is 16.2 Å². The van der Waals surface area contributed by atoms with Crippen molar-refractivity contribution in [1.82, 2.24) is 4.90 Å². The van der Waals surface area contributed by atoms with Crippen LogP contribution in [0, 0.1) is 5.41 Å². The average molecular weight is 342 g/mol. The molecule has 20 heavy (non-hydrogen) atoms. The zero-order valence-electron chi connectivity index (χ0n) is 12.8. The van der Waals surface area contributed by atoms with Crippen LogP contribution in [-0.2, 0) is 4.79 Å². The first-order valence-electron chi connectivity index (χ1n) is 6.66. The molecule has 0 aliphatic carbocycles. The van der Waals surface area contributed by atoms with Gasteiger partial charge in [0.05, 0.1) is 12.2 Å². The lowest BCUT2D eigenvalue weighted by Crippen LogP contribution is -2.43. The Labute approximate surface area is 129 Å². The van der Waals surface area contributed by atoms with Gasteiger partial charge in [-0.25, -0.2) is 0 Å². The Morgan fingerprint density at radius 1 is 1.45 bits per heavy atom. The van der Waals surface area contributed by atoms with Gasteiger partial charge in [0.1, 0.15) is 0 Å². The number of hydrogen-bond acceptors (Lipinski definition) is 3. The molecule has 1 aromatic carbocycles. The number of hydrogen-bond donors (Lipinski definition) is 2. The van der Waals surface area contributed by atoms with E-state index in [9.17, 15) is 4.79 Å². The van der Waals surface area contributed by atoms with Crippen LogP contribution in [0.5, 0.6) is 0 Å². The Bertz CT molecular complexity index is 482. The van der Waals surface area contributed by atoms with Gasteiger partial charge < -0.3 is 11.1 Å². The van der Waals surface area contributed by atoms with Crippen molar-refractivity contribution in [1.29, 1.82) is 0 Å². The molecule has 0 heterocycles. The van der Waals surface area contributed by atoms with Crippen LogP contribution in [0.2, 0.25) is 0 Å². The van der Waals surface area contributed by atoms with Crippen LogP contribution in [-0.4, -0.2) is 30.4 Å². The summed E-state index contributed by atoms with van der Waals surface area (Å²) in [4.78, 5) is 14.1. The third-order valence-corrected chi connectivity index (χ3v) is 4.23. The Hall–Kier alpha value is -1.07. The van der Waals surface area contributed by atoms with Crippen molar-refractivity contribution in [2.75, 3.05) is 24.6 Å². The molecule has 1 aromatic rings. The van der Waals surface area contributed by atoms with Gasteiger partial charge in [-0.15, -0.1) is 0 Å². The van der Waals surface area contributed by atoms with E-state index in [1.807, 2.05) is 7.05 Å². The van der Waals surface area contributed by atoms with Crippen molar-refractivity contribution in [3.05, 3.63) is 22.7 Å². The molecule has 0 aliphatic heterocycles. The molecule has 0 radical (unpaired) electrons. The summed E-state index contributed by atoms with van der Waals surface area (Å²) in [5.41, 5.74) is 7.21. The zero-order valence-corrected chi connectivity index (χ0v) is 14.4. The van der Waals surface area contributed by atoms with E-state index in [2.05, 4.69) is 53.8 Å². The van der Waals surface area contributed by atoms with Crippen LogP contribution < -0.4 is 11.1 Å². The second-order valence-corrected chi connectivity index (χ2v) is 7.10. The van der Waals surface area contributed by atoms with Crippen molar-refractivity contribution < 1.29 is 4.79 Å². The summed E-state index contributed by atoms with van der Waals surface area (Å²) in [5, 5.41) is 2.89. The van der Waals surface area contributed by atoms with E-state index in [1.54, 1.807) is 18.2 Å². The van der Waals surface area contributed by atoms with E-state index in [0.29, 0.717) is 18.3 Å². The maximum Gasteiger partial charge on any atom is 0.238 e. The van der Waals surface area contributed by atoms with Gasteiger partial charge in [-0.3, -0.25) is 9.69 Å². The molecule has 0 bridgehead atoms. The number of nitrogens with two attached hydrogens (primary N) is 1. The fraction of sp³-hybridized carbons (Fsp3) is 0.533. The predicted octanol–water partition coefficient (Wildman–Crippen LogP) is 3.34. The Balaban J connectivity index is 2.64. The minimum atomic E-state index is -0.0333. The molecule has 3 N–H and O–H groups in total. The minimum absolute atomic E-state index is 0.0333. The summed E-state index contributed by atoms with van der Waals surface area (Å²) in [6, 6.07) is 5.65. The molecule has 112 valence electrons. The number of nitrogens with zero attached hydrogens (tertiary/aromatic N) is 1. The first-order chi connectivity index (χ1) is 9.11. The van der Waals surface area contributed by atoms with Crippen LogP contribution in [0.4, 0.5) is 11.4 Å². The lowest BCUT2D eigenvalue weighted by Gasteiger charge is -2.34. The van der Waals surface area contributed by atoms with Gasteiger partial charge in [0.15, 0.2) is 0 Å². The van der Waals surface area contributed by atoms with E-state index in [1.165, 1.54) is 0 Å². The van der Waals surface area contributed by atoms with E-state index in [0.717, 1.165) is 10.2 Å². The first kappa shape index (κ1) is 17.0. The third-order valence-electron chi connectivity index (χ3n) is 3.57. The van der Waals surface area contributed by atoms with Gasteiger partial charge in [-0.1, -0.05) is 20.8 Å². The predicted molar refractivity (Wildman–Crippen MR) is 88.7 cm³/mol. The number of carbonyl (C=O) groups is 1. The number of rotatable bonds is 4. The quantitative estimate of drug-likeness (QED) is 0.825. The number of nitrogens with one attached hydrogen (secondary N) is 1. The van der Waals surface area contributed by atoms with Crippen molar-refractivity contribution in [3.8, 4) is 0 Å². The third kappa shape index (κ3) is 4.80. The summed E-state index contributed by atoms with van der Waals surface area (Å²) < 4.78 is 0.789. The molecular weight excluding hydrogens is 318 g/mol. The molecular formula is C15H24BrN3O. The first-order valence-corrected chi connectivity index (χ1v) is 7.45. The Kier molecular flexibility index (Phi) is 5.59. The fourth-order valence-electron chi connectivity index (χ4n) is 1.85. The zero-order chi connectivity index (χ0) is 15.5. The van der Waals surface area contributed by atoms with Crippen LogP contribution in [0.1, 0.15) is 27.7 Å². The molecule has 4 nitrogen and oxygen atoms in total. The molecule has 0 saturated heterocycles. The fourth-order valence-corrected chi connectivity index (χ4v) is 2.34. The van der Waals surface area contributed by atoms with Crippen molar-refractivity contribution in [2.24, 2.45) is 5.41 Å². The van der Waals surface area contributed by atoms with Gasteiger partial charge in [0.2, 0.25) is 5.91 Å². The number of likely N-dealkylation sites (N-methyl/N-ethyl adjacent to an activating group) is 1.